The van der Waals surface area contributed by atoms with E-state index in [2.05, 4.69) is 50.2 Å². The Morgan fingerprint density at radius 1 is 0.773 bits per heavy atom. The Bertz CT molecular complexity index is 601. The van der Waals surface area contributed by atoms with E-state index in [4.69, 9.17) is 0 Å². The van der Waals surface area contributed by atoms with Crippen LogP contribution in [0.15, 0.2) is 48.5 Å². The van der Waals surface area contributed by atoms with E-state index in [0.29, 0.717) is 11.7 Å². The molecule has 0 atom stereocenters. The number of phenolic OH excluding ortho intramolecular Hbond substituents is 1. The molecule has 2 aromatic carbocycles. The monoisotopic (exact) mass is 294 g/mol. The minimum absolute atomic E-state index is 0.126. The highest BCUT2D eigenvalue weighted by Crippen LogP contribution is 2.45. The van der Waals surface area contributed by atoms with Crippen LogP contribution in [0, 0.1) is 0 Å². The standard InChI is InChI=1S/C21H26O/c1-16(2)17-6-8-18(9-7-17)21(14-4-3-5-15-21)19-10-12-20(22)13-11-19/h6-13,16,22H,3-5,14-15H2,1-2H3. The van der Waals surface area contributed by atoms with E-state index in [1.807, 2.05) is 12.1 Å². The maximum Gasteiger partial charge on any atom is 0.115 e. The van der Waals surface area contributed by atoms with Crippen molar-refractivity contribution in [2.24, 2.45) is 0 Å². The largest absolute Gasteiger partial charge is 0.508 e. The molecule has 0 aromatic heterocycles. The molecule has 3 rings (SSSR count). The highest BCUT2D eigenvalue weighted by molar-refractivity contribution is 5.43. The van der Waals surface area contributed by atoms with Gasteiger partial charge in [-0.2, -0.15) is 0 Å². The third-order valence-corrected chi connectivity index (χ3v) is 5.26. The number of rotatable bonds is 3. The normalized spacial score (nSPS) is 17.6. The fourth-order valence-electron chi connectivity index (χ4n) is 3.87. The molecule has 0 amide bonds. The summed E-state index contributed by atoms with van der Waals surface area (Å²) in [6.07, 6.45) is 6.32. The molecule has 22 heavy (non-hydrogen) atoms. The van der Waals surface area contributed by atoms with E-state index in [9.17, 15) is 5.11 Å². The van der Waals surface area contributed by atoms with Crippen molar-refractivity contribution in [1.82, 2.24) is 0 Å². The minimum atomic E-state index is 0.126. The first kappa shape index (κ1) is 15.1. The lowest BCUT2D eigenvalue weighted by molar-refractivity contribution is 0.345. The average Bonchev–Trinajstić information content (AvgIpc) is 2.56. The van der Waals surface area contributed by atoms with Crippen molar-refractivity contribution < 1.29 is 5.11 Å². The lowest BCUT2D eigenvalue weighted by atomic mass is 9.65. The maximum absolute atomic E-state index is 9.61. The van der Waals surface area contributed by atoms with Crippen LogP contribution >= 0.6 is 0 Å². The van der Waals surface area contributed by atoms with Crippen LogP contribution in [0.5, 0.6) is 5.75 Å². The van der Waals surface area contributed by atoms with Crippen LogP contribution in [-0.4, -0.2) is 5.11 Å². The Kier molecular flexibility index (Phi) is 4.24. The molecule has 1 fully saturated rings. The van der Waals surface area contributed by atoms with E-state index in [1.54, 1.807) is 0 Å². The number of hydrogen-bond acceptors (Lipinski definition) is 1. The van der Waals surface area contributed by atoms with Crippen molar-refractivity contribution >= 4 is 0 Å². The first-order chi connectivity index (χ1) is 10.6. The first-order valence-corrected chi connectivity index (χ1v) is 8.52. The molecule has 0 saturated heterocycles. The number of phenols is 1. The summed E-state index contributed by atoms with van der Waals surface area (Å²) in [5, 5.41) is 9.61. The van der Waals surface area contributed by atoms with E-state index >= 15 is 0 Å². The number of aromatic hydroxyl groups is 1. The summed E-state index contributed by atoms with van der Waals surface area (Å²) in [6, 6.07) is 17.1. The zero-order chi connectivity index (χ0) is 15.6. The molecule has 0 spiro atoms. The summed E-state index contributed by atoms with van der Waals surface area (Å²) in [4.78, 5) is 0. The van der Waals surface area contributed by atoms with Crippen LogP contribution in [-0.2, 0) is 5.41 Å². The van der Waals surface area contributed by atoms with Crippen molar-refractivity contribution in [3.63, 3.8) is 0 Å². The predicted molar refractivity (Wildman–Crippen MR) is 92.5 cm³/mol. The zero-order valence-electron chi connectivity index (χ0n) is 13.7. The van der Waals surface area contributed by atoms with E-state index in [1.165, 1.54) is 48.8 Å². The van der Waals surface area contributed by atoms with Gasteiger partial charge in [0.1, 0.15) is 5.75 Å². The molecule has 0 heterocycles. The molecule has 1 nitrogen and oxygen atoms in total. The second kappa shape index (κ2) is 6.16. The fourth-order valence-corrected chi connectivity index (χ4v) is 3.87. The Morgan fingerprint density at radius 2 is 1.27 bits per heavy atom. The van der Waals surface area contributed by atoms with Gasteiger partial charge < -0.3 is 5.11 Å². The molecule has 0 radical (unpaired) electrons. The van der Waals surface area contributed by atoms with Crippen LogP contribution in [0.1, 0.15) is 68.6 Å². The second-order valence-electron chi connectivity index (χ2n) is 6.97. The third-order valence-electron chi connectivity index (χ3n) is 5.26. The van der Waals surface area contributed by atoms with E-state index in [0.717, 1.165) is 0 Å². The first-order valence-electron chi connectivity index (χ1n) is 8.52. The summed E-state index contributed by atoms with van der Waals surface area (Å²) in [5.74, 6) is 0.926. The third kappa shape index (κ3) is 2.77. The van der Waals surface area contributed by atoms with Gasteiger partial charge >= 0.3 is 0 Å². The summed E-state index contributed by atoms with van der Waals surface area (Å²) in [5.41, 5.74) is 4.31. The number of benzene rings is 2. The van der Waals surface area contributed by atoms with E-state index < -0.39 is 0 Å². The minimum Gasteiger partial charge on any atom is -0.508 e. The molecule has 1 heteroatoms. The predicted octanol–water partition coefficient (Wildman–Crippen LogP) is 5.77. The molecule has 1 aliphatic rings. The van der Waals surface area contributed by atoms with Crippen LogP contribution in [0.3, 0.4) is 0 Å². The van der Waals surface area contributed by atoms with Crippen LogP contribution in [0.25, 0.3) is 0 Å². The summed E-state index contributed by atoms with van der Waals surface area (Å²) in [6.45, 7) is 4.48. The fraction of sp³-hybridized carbons (Fsp3) is 0.429. The summed E-state index contributed by atoms with van der Waals surface area (Å²) < 4.78 is 0. The Balaban J connectivity index is 2.03. The molecule has 1 aliphatic carbocycles. The maximum atomic E-state index is 9.61. The van der Waals surface area contributed by atoms with Gasteiger partial charge in [-0.1, -0.05) is 69.5 Å². The van der Waals surface area contributed by atoms with Crippen molar-refractivity contribution in [1.29, 1.82) is 0 Å². The lowest BCUT2D eigenvalue weighted by Crippen LogP contribution is -2.30. The van der Waals surface area contributed by atoms with E-state index in [-0.39, 0.29) is 5.41 Å². The highest BCUT2D eigenvalue weighted by atomic mass is 16.3. The zero-order valence-corrected chi connectivity index (χ0v) is 13.7. The van der Waals surface area contributed by atoms with Gasteiger partial charge in [-0.05, 0) is 47.6 Å². The molecule has 0 aliphatic heterocycles. The van der Waals surface area contributed by atoms with Gasteiger partial charge in [0, 0.05) is 5.41 Å². The molecule has 1 saturated carbocycles. The molecular formula is C21H26O. The lowest BCUT2D eigenvalue weighted by Gasteiger charge is -2.39. The van der Waals surface area contributed by atoms with Gasteiger partial charge in [-0.25, -0.2) is 0 Å². The van der Waals surface area contributed by atoms with Gasteiger partial charge in [0.25, 0.3) is 0 Å². The van der Waals surface area contributed by atoms with Gasteiger partial charge in [-0.15, -0.1) is 0 Å². The molecule has 0 bridgehead atoms. The molecule has 0 unspecified atom stereocenters. The Hall–Kier alpha value is -1.76. The average molecular weight is 294 g/mol. The number of hydrogen-bond donors (Lipinski definition) is 1. The van der Waals surface area contributed by atoms with Gasteiger partial charge in [0.2, 0.25) is 0 Å². The highest BCUT2D eigenvalue weighted by Gasteiger charge is 2.35. The SMILES string of the molecule is CC(C)c1ccc(C2(c3ccc(O)cc3)CCCCC2)cc1. The van der Waals surface area contributed by atoms with Crippen LogP contribution < -0.4 is 0 Å². The van der Waals surface area contributed by atoms with Crippen molar-refractivity contribution in [3.8, 4) is 5.75 Å². The topological polar surface area (TPSA) is 20.2 Å². The molecular weight excluding hydrogens is 268 g/mol. The van der Waals surface area contributed by atoms with Crippen LogP contribution in [0.2, 0.25) is 0 Å². The quantitative estimate of drug-likeness (QED) is 0.762. The van der Waals surface area contributed by atoms with Crippen molar-refractivity contribution in [2.45, 2.75) is 57.3 Å². The van der Waals surface area contributed by atoms with Crippen molar-refractivity contribution in [2.75, 3.05) is 0 Å². The van der Waals surface area contributed by atoms with Gasteiger partial charge in [0.05, 0.1) is 0 Å². The molecule has 2 aromatic rings. The van der Waals surface area contributed by atoms with Crippen LogP contribution in [0.4, 0.5) is 0 Å². The van der Waals surface area contributed by atoms with Gasteiger partial charge in [0.15, 0.2) is 0 Å². The van der Waals surface area contributed by atoms with Crippen molar-refractivity contribution in [3.05, 3.63) is 65.2 Å². The smallest absolute Gasteiger partial charge is 0.115 e. The summed E-state index contributed by atoms with van der Waals surface area (Å²) in [7, 11) is 0. The Morgan fingerprint density at radius 3 is 1.77 bits per heavy atom. The Labute approximate surface area is 134 Å². The second-order valence-corrected chi connectivity index (χ2v) is 6.97. The molecule has 116 valence electrons. The molecule has 1 N–H and O–H groups in total. The van der Waals surface area contributed by atoms with Gasteiger partial charge in [-0.3, -0.25) is 0 Å². The summed E-state index contributed by atoms with van der Waals surface area (Å²) >= 11 is 0.